The highest BCUT2D eigenvalue weighted by atomic mass is 16.8. The first-order valence-electron chi connectivity index (χ1n) is 12.6. The van der Waals surface area contributed by atoms with E-state index >= 15 is 0 Å². The summed E-state index contributed by atoms with van der Waals surface area (Å²) < 4.78 is 39.5. The molecule has 3 fully saturated rings. The fourth-order valence-electron chi connectivity index (χ4n) is 4.68. The Hall–Kier alpha value is -0.780. The number of allylic oxidation sites excluding steroid dienone is 1. The molecule has 0 aliphatic carbocycles. The summed E-state index contributed by atoms with van der Waals surface area (Å²) in [6.45, 7) is 8.60. The molecule has 37 heavy (non-hydrogen) atoms. The second-order valence-corrected chi connectivity index (χ2v) is 9.78. The van der Waals surface area contributed by atoms with E-state index in [4.69, 9.17) is 33.2 Å². The molecular weight excluding hydrogens is 496 g/mol. The van der Waals surface area contributed by atoms with Crippen molar-refractivity contribution in [2.45, 2.75) is 126 Å². The van der Waals surface area contributed by atoms with Crippen molar-refractivity contribution in [3.63, 3.8) is 0 Å². The van der Waals surface area contributed by atoms with Gasteiger partial charge in [0.05, 0.1) is 24.9 Å². The largest absolute Gasteiger partial charge is 0.388 e. The number of unbranched alkanes of at least 4 members (excludes halogenated alkanes) is 1. The van der Waals surface area contributed by atoms with E-state index in [1.807, 2.05) is 0 Å². The molecule has 0 spiro atoms. The molecule has 3 saturated heterocycles. The monoisotopic (exact) mass is 538 g/mol. The van der Waals surface area contributed by atoms with Gasteiger partial charge in [0.2, 0.25) is 0 Å². The normalized spacial score (nSPS) is 49.1. The minimum Gasteiger partial charge on any atom is -0.388 e. The summed E-state index contributed by atoms with van der Waals surface area (Å²) in [4.78, 5) is 0. The van der Waals surface area contributed by atoms with Crippen LogP contribution in [0.4, 0.5) is 0 Å². The molecule has 15 atom stereocenters. The first-order valence-corrected chi connectivity index (χ1v) is 12.6. The fraction of sp³-hybridized carbons (Fsp3) is 0.917. The molecule has 6 N–H and O–H groups in total. The van der Waals surface area contributed by atoms with E-state index in [0.29, 0.717) is 12.8 Å². The SMILES string of the molecule is C=CCCCO[C@@H]1OC(C)[C@H](O)[C@H](O)C1O[C@@H]1OC(C)[C@H](O)[C@H](O[C@@H]2OC(C)[C@H](O)[C@H](OC)C2O)C1O. The van der Waals surface area contributed by atoms with Crippen LogP contribution in [-0.2, 0) is 33.2 Å². The van der Waals surface area contributed by atoms with E-state index in [1.165, 1.54) is 14.0 Å². The van der Waals surface area contributed by atoms with Gasteiger partial charge in [-0.3, -0.25) is 0 Å². The molecule has 0 aromatic carbocycles. The molecule has 3 rings (SSSR count). The van der Waals surface area contributed by atoms with Gasteiger partial charge >= 0.3 is 0 Å². The highest BCUT2D eigenvalue weighted by molar-refractivity contribution is 4.95. The van der Waals surface area contributed by atoms with Gasteiger partial charge in [0.25, 0.3) is 0 Å². The lowest BCUT2D eigenvalue weighted by molar-refractivity contribution is -0.380. The lowest BCUT2D eigenvalue weighted by atomic mass is 9.96. The minimum atomic E-state index is -1.62. The van der Waals surface area contributed by atoms with Gasteiger partial charge in [0, 0.05) is 7.11 Å². The molecule has 3 aliphatic rings. The second-order valence-electron chi connectivity index (χ2n) is 9.78. The smallest absolute Gasteiger partial charge is 0.187 e. The Morgan fingerprint density at radius 1 is 0.649 bits per heavy atom. The Labute approximate surface area is 216 Å². The zero-order valence-corrected chi connectivity index (χ0v) is 21.6. The average molecular weight is 539 g/mol. The van der Waals surface area contributed by atoms with Crippen molar-refractivity contribution < 1.29 is 63.8 Å². The molecule has 0 bridgehead atoms. The molecule has 0 aromatic heterocycles. The van der Waals surface area contributed by atoms with Gasteiger partial charge in [-0.2, -0.15) is 0 Å². The van der Waals surface area contributed by atoms with Crippen LogP contribution in [0.25, 0.3) is 0 Å². The molecule has 13 heteroatoms. The number of methoxy groups -OCH3 is 1. The van der Waals surface area contributed by atoms with Crippen LogP contribution in [0.15, 0.2) is 12.7 Å². The Bertz CT molecular complexity index is 712. The van der Waals surface area contributed by atoms with Crippen molar-refractivity contribution >= 4 is 0 Å². The maximum atomic E-state index is 11.1. The number of aliphatic hydroxyl groups is 6. The van der Waals surface area contributed by atoms with Gasteiger partial charge in [-0.15, -0.1) is 6.58 Å². The molecular formula is C24H42O13. The quantitative estimate of drug-likeness (QED) is 0.135. The lowest BCUT2D eigenvalue weighted by Gasteiger charge is -2.48. The van der Waals surface area contributed by atoms with E-state index in [0.717, 1.165) is 0 Å². The number of hydrogen-bond donors (Lipinski definition) is 6. The predicted molar refractivity (Wildman–Crippen MR) is 125 cm³/mol. The number of hydrogen-bond acceptors (Lipinski definition) is 13. The van der Waals surface area contributed by atoms with Gasteiger partial charge in [0.1, 0.15) is 54.9 Å². The summed E-state index contributed by atoms with van der Waals surface area (Å²) in [6, 6.07) is 0. The van der Waals surface area contributed by atoms with Crippen LogP contribution in [0.5, 0.6) is 0 Å². The summed E-state index contributed by atoms with van der Waals surface area (Å²) in [6.07, 6.45) is -15.1. The average Bonchev–Trinajstić information content (AvgIpc) is 2.86. The summed E-state index contributed by atoms with van der Waals surface area (Å²) in [5.41, 5.74) is 0. The summed E-state index contributed by atoms with van der Waals surface area (Å²) in [5.74, 6) is 0. The van der Waals surface area contributed by atoms with Crippen LogP contribution in [-0.4, -0.2) is 136 Å². The van der Waals surface area contributed by atoms with Crippen molar-refractivity contribution in [3.8, 4) is 0 Å². The van der Waals surface area contributed by atoms with Crippen LogP contribution < -0.4 is 0 Å². The molecule has 0 amide bonds. The van der Waals surface area contributed by atoms with Crippen LogP contribution in [0.1, 0.15) is 33.6 Å². The minimum absolute atomic E-state index is 0.266. The summed E-state index contributed by atoms with van der Waals surface area (Å²) in [7, 11) is 1.32. The van der Waals surface area contributed by atoms with Gasteiger partial charge in [-0.1, -0.05) is 6.08 Å². The summed E-state index contributed by atoms with van der Waals surface area (Å²) >= 11 is 0. The van der Waals surface area contributed by atoms with Crippen LogP contribution in [0.2, 0.25) is 0 Å². The van der Waals surface area contributed by atoms with Crippen molar-refractivity contribution in [3.05, 3.63) is 12.7 Å². The molecule has 0 saturated carbocycles. The highest BCUT2D eigenvalue weighted by Crippen LogP contribution is 2.33. The molecule has 216 valence electrons. The first-order chi connectivity index (χ1) is 17.5. The van der Waals surface area contributed by atoms with Crippen LogP contribution >= 0.6 is 0 Å². The first kappa shape index (κ1) is 30.8. The molecule has 3 heterocycles. The topological polar surface area (TPSA) is 186 Å². The van der Waals surface area contributed by atoms with E-state index < -0.39 is 92.1 Å². The molecule has 13 nitrogen and oxygen atoms in total. The third-order valence-corrected chi connectivity index (χ3v) is 7.04. The zero-order valence-electron chi connectivity index (χ0n) is 21.6. The van der Waals surface area contributed by atoms with Gasteiger partial charge in [-0.25, -0.2) is 0 Å². The third kappa shape index (κ3) is 6.87. The van der Waals surface area contributed by atoms with Gasteiger partial charge in [0.15, 0.2) is 18.9 Å². The van der Waals surface area contributed by atoms with Gasteiger partial charge in [-0.05, 0) is 33.6 Å². The highest BCUT2D eigenvalue weighted by Gasteiger charge is 2.52. The zero-order chi connectivity index (χ0) is 27.4. The second kappa shape index (κ2) is 13.5. The molecule has 0 radical (unpaired) electrons. The van der Waals surface area contributed by atoms with E-state index in [2.05, 4.69) is 6.58 Å². The Morgan fingerprint density at radius 2 is 1.14 bits per heavy atom. The summed E-state index contributed by atoms with van der Waals surface area (Å²) in [5, 5.41) is 63.6. The lowest BCUT2D eigenvalue weighted by Crippen LogP contribution is -2.65. The maximum Gasteiger partial charge on any atom is 0.187 e. The predicted octanol–water partition coefficient (Wildman–Crippen LogP) is -1.85. The van der Waals surface area contributed by atoms with E-state index in [1.54, 1.807) is 19.9 Å². The van der Waals surface area contributed by atoms with Crippen molar-refractivity contribution in [2.75, 3.05) is 13.7 Å². The van der Waals surface area contributed by atoms with Crippen molar-refractivity contribution in [2.24, 2.45) is 0 Å². The Morgan fingerprint density at radius 3 is 1.70 bits per heavy atom. The third-order valence-electron chi connectivity index (χ3n) is 7.04. The van der Waals surface area contributed by atoms with Crippen LogP contribution in [0.3, 0.4) is 0 Å². The number of ether oxygens (including phenoxy) is 7. The Balaban J connectivity index is 1.74. The van der Waals surface area contributed by atoms with Crippen molar-refractivity contribution in [1.82, 2.24) is 0 Å². The van der Waals surface area contributed by atoms with Gasteiger partial charge < -0.3 is 63.8 Å². The Kier molecular flexibility index (Phi) is 11.2. The fourth-order valence-corrected chi connectivity index (χ4v) is 4.68. The van der Waals surface area contributed by atoms with Crippen molar-refractivity contribution in [1.29, 1.82) is 0 Å². The number of aliphatic hydroxyl groups excluding tert-OH is 6. The maximum absolute atomic E-state index is 11.1. The molecule has 3 aliphatic heterocycles. The molecule has 0 aromatic rings. The number of rotatable bonds is 10. The standard InChI is InChI=1S/C24H42O13/c1-6-7-8-9-32-24-21(16(28)13(25)10(2)35-24)37-23-18(30)20(15(27)12(4)34-23)36-22-17(29)19(31-5)14(26)11(3)33-22/h6,10-30H,1,7-9H2,2-5H3/t10?,11?,12?,13-,14-,15-,16-,17?,18?,19-,20-,21?,22-,23-,24+/m0/s1. The van der Waals surface area contributed by atoms with Crippen LogP contribution in [0, 0.1) is 0 Å². The van der Waals surface area contributed by atoms with E-state index in [9.17, 15) is 30.6 Å². The molecule has 6 unspecified atom stereocenters. The van der Waals surface area contributed by atoms with E-state index in [-0.39, 0.29) is 6.61 Å².